The van der Waals surface area contributed by atoms with Crippen molar-refractivity contribution in [3.63, 3.8) is 0 Å². The molecule has 1 aliphatic rings. The predicted molar refractivity (Wildman–Crippen MR) is 263 cm³/mol. The minimum atomic E-state index is -0.154. The molecular weight excluding hydrogens is 964 g/mol. The Labute approximate surface area is 394 Å². The van der Waals surface area contributed by atoms with Gasteiger partial charge in [-0.25, -0.2) is 4.98 Å². The van der Waals surface area contributed by atoms with Crippen LogP contribution in [0.5, 0.6) is 11.5 Å². The first-order chi connectivity index (χ1) is 30.1. The second-order valence-corrected chi connectivity index (χ2v) is 19.7. The summed E-state index contributed by atoms with van der Waals surface area (Å²) < 4.78 is 9.09. The maximum atomic E-state index is 6.88. The van der Waals surface area contributed by atoms with Crippen LogP contribution < -0.4 is 14.5 Å². The van der Waals surface area contributed by atoms with Gasteiger partial charge in [-0.2, -0.15) is 6.07 Å². The Balaban J connectivity index is 0.00000560. The molecule has 0 atom stereocenters. The van der Waals surface area contributed by atoms with E-state index in [0.29, 0.717) is 17.4 Å². The molecule has 5 nitrogen and oxygen atoms in total. The molecule has 0 fully saturated rings. The van der Waals surface area contributed by atoms with Crippen LogP contribution in [-0.2, 0) is 31.9 Å². The summed E-state index contributed by atoms with van der Waals surface area (Å²) in [5.41, 5.74) is 12.1. The Morgan fingerprint density at radius 3 is 2.03 bits per heavy atom. The van der Waals surface area contributed by atoms with Gasteiger partial charge in [0.25, 0.3) is 0 Å². The third-order valence-corrected chi connectivity index (χ3v) is 12.5. The molecule has 0 saturated carbocycles. The van der Waals surface area contributed by atoms with Gasteiger partial charge in [-0.05, 0) is 81.1 Å². The van der Waals surface area contributed by atoms with E-state index in [4.69, 9.17) is 9.72 Å². The summed E-state index contributed by atoms with van der Waals surface area (Å²) in [5.74, 6) is 2.40. The summed E-state index contributed by atoms with van der Waals surface area (Å²) in [7, 11) is 0. The van der Waals surface area contributed by atoms with Crippen molar-refractivity contribution in [2.75, 3.05) is 9.80 Å². The number of hydrogen-bond acceptors (Lipinski definition) is 4. The van der Waals surface area contributed by atoms with Gasteiger partial charge in [0.15, 0.2) is 0 Å². The summed E-state index contributed by atoms with van der Waals surface area (Å²) in [6, 6.07) is 57.1. The molecule has 0 aliphatic carbocycles. The Hall–Kier alpha value is -5.90. The fourth-order valence-electron chi connectivity index (χ4n) is 8.81. The second-order valence-electron chi connectivity index (χ2n) is 19.7. The van der Waals surface area contributed by atoms with E-state index in [9.17, 15) is 0 Å². The average molecular weight is 1020 g/mol. The zero-order valence-electron chi connectivity index (χ0n) is 38.6. The average Bonchev–Trinajstić information content (AvgIpc) is 3.87. The largest absolute Gasteiger partial charge is 0.509 e. The van der Waals surface area contributed by atoms with Gasteiger partial charge >= 0.3 is 0 Å². The van der Waals surface area contributed by atoms with Crippen LogP contribution in [0, 0.1) is 24.2 Å². The van der Waals surface area contributed by atoms with E-state index < -0.39 is 0 Å². The zero-order valence-corrected chi connectivity index (χ0v) is 40.9. The van der Waals surface area contributed by atoms with Gasteiger partial charge in [0.1, 0.15) is 5.82 Å². The van der Waals surface area contributed by atoms with Crippen molar-refractivity contribution in [1.29, 1.82) is 0 Å². The molecule has 0 spiro atoms. The van der Waals surface area contributed by atoms with Crippen molar-refractivity contribution in [2.45, 2.75) is 86.0 Å². The normalized spacial score (nSPS) is 13.5. The molecule has 64 heavy (non-hydrogen) atoms. The molecule has 3 heterocycles. The van der Waals surface area contributed by atoms with E-state index in [1.807, 2.05) is 12.3 Å². The molecule has 9 rings (SSSR count). The fraction of sp³-hybridized carbons (Fsp3) is 0.241. The SMILES string of the molecule is CC(C)c1ccccc1-c1cc(Oc2[c-]c3c(cc2)c2ccccc2n3-c2cc(C(C)(C)C)ccn2)[c-]c(N2C=C(C(C)(C)C)N(c3ccc(C(C)(C)c4ccccc4)cc3)[CH-]2)c1.[Pt]. The van der Waals surface area contributed by atoms with E-state index >= 15 is 0 Å². The van der Waals surface area contributed by atoms with Crippen molar-refractivity contribution in [1.82, 2.24) is 9.55 Å². The third-order valence-electron chi connectivity index (χ3n) is 12.5. The summed E-state index contributed by atoms with van der Waals surface area (Å²) in [4.78, 5) is 9.39. The van der Waals surface area contributed by atoms with E-state index in [-0.39, 0.29) is 37.3 Å². The number of aromatic nitrogens is 2. The smallest absolute Gasteiger partial charge is 0.135 e. The van der Waals surface area contributed by atoms with Gasteiger partial charge < -0.3 is 19.1 Å². The zero-order chi connectivity index (χ0) is 44.3. The first-order valence-corrected chi connectivity index (χ1v) is 22.1. The Morgan fingerprint density at radius 1 is 0.625 bits per heavy atom. The van der Waals surface area contributed by atoms with Crippen molar-refractivity contribution < 1.29 is 25.8 Å². The molecule has 6 heteroatoms. The molecule has 0 bridgehead atoms. The number of benzene rings is 6. The van der Waals surface area contributed by atoms with E-state index in [2.05, 4.69) is 242 Å². The molecule has 0 radical (unpaired) electrons. The first kappa shape index (κ1) is 44.7. The van der Waals surface area contributed by atoms with Crippen molar-refractivity contribution in [3.05, 3.63) is 199 Å². The van der Waals surface area contributed by atoms with Crippen molar-refractivity contribution in [2.24, 2.45) is 5.41 Å². The van der Waals surface area contributed by atoms with E-state index in [0.717, 1.165) is 44.6 Å². The molecule has 1 aliphatic heterocycles. The molecule has 6 aromatic carbocycles. The summed E-state index contributed by atoms with van der Waals surface area (Å²) in [5, 5.41) is 2.23. The Morgan fingerprint density at radius 2 is 1.31 bits per heavy atom. The number of nitrogens with zero attached hydrogens (tertiary/aromatic N) is 4. The fourth-order valence-corrected chi connectivity index (χ4v) is 8.81. The van der Waals surface area contributed by atoms with Crippen LogP contribution in [0.25, 0.3) is 38.8 Å². The number of anilines is 2. The van der Waals surface area contributed by atoms with Crippen LogP contribution in [0.2, 0.25) is 0 Å². The Bertz CT molecular complexity index is 2980. The first-order valence-electron chi connectivity index (χ1n) is 22.1. The van der Waals surface area contributed by atoms with Gasteiger partial charge in [0.2, 0.25) is 0 Å². The second kappa shape index (κ2) is 17.2. The monoisotopic (exact) mass is 1020 g/mol. The number of para-hydroxylation sites is 1. The topological polar surface area (TPSA) is 33.5 Å². The van der Waals surface area contributed by atoms with Crippen molar-refractivity contribution >= 4 is 33.2 Å². The molecule has 0 amide bonds. The Kier molecular flexibility index (Phi) is 12.0. The minimum absolute atomic E-state index is 0. The van der Waals surface area contributed by atoms with Crippen LogP contribution >= 0.6 is 0 Å². The van der Waals surface area contributed by atoms with Crippen LogP contribution in [0.3, 0.4) is 0 Å². The quantitative estimate of drug-likeness (QED) is 0.135. The van der Waals surface area contributed by atoms with Crippen LogP contribution in [0.15, 0.2) is 158 Å². The van der Waals surface area contributed by atoms with E-state index in [1.54, 1.807) is 0 Å². The number of rotatable bonds is 9. The van der Waals surface area contributed by atoms with Crippen molar-refractivity contribution in [3.8, 4) is 28.4 Å². The summed E-state index contributed by atoms with van der Waals surface area (Å²) in [6.45, 7) is 24.8. The number of ether oxygens (including phenoxy) is 1. The molecule has 0 N–H and O–H groups in total. The predicted octanol–water partition coefficient (Wildman–Crippen LogP) is 15.3. The standard InChI is InChI=1S/C58H57N4O.Pt/c1-39(2)48-20-14-15-21-49(48)40-32-45(60-37-54(57(6,7)8)61(38-60)44-26-24-42(25-27-44)58(9,10)41-18-12-11-13-19-41)35-47(33-40)63-46-28-29-51-50-22-16-17-23-52(50)62(53(51)36-46)55-34-43(30-31-59-55)56(3,4)5;/h11-34,37-39H,1-10H3;/q-3;. The van der Waals surface area contributed by atoms with Gasteiger partial charge in [-0.15, -0.1) is 53.6 Å². The van der Waals surface area contributed by atoms with Gasteiger partial charge in [0.05, 0.1) is 0 Å². The van der Waals surface area contributed by atoms with Gasteiger partial charge in [-0.3, -0.25) is 0 Å². The number of allylic oxidation sites excluding steroid dienone is 1. The molecule has 328 valence electrons. The number of hydrogen-bond donors (Lipinski definition) is 0. The molecular formula is C58H57N4OPt-3. The maximum Gasteiger partial charge on any atom is 0.135 e. The molecule has 0 unspecified atom stereocenters. The van der Waals surface area contributed by atoms with Crippen LogP contribution in [0.1, 0.15) is 97.4 Å². The number of pyridine rings is 1. The molecule has 0 saturated heterocycles. The molecule has 2 aromatic heterocycles. The maximum absolute atomic E-state index is 6.88. The summed E-state index contributed by atoms with van der Waals surface area (Å²) >= 11 is 0. The van der Waals surface area contributed by atoms with Gasteiger partial charge in [0, 0.05) is 66.5 Å². The summed E-state index contributed by atoms with van der Waals surface area (Å²) in [6.07, 6.45) is 4.15. The molecule has 8 aromatic rings. The van der Waals surface area contributed by atoms with Gasteiger partial charge in [-0.1, -0.05) is 160 Å². The number of fused-ring (bicyclic) bond motifs is 3. The minimum Gasteiger partial charge on any atom is -0.509 e. The van der Waals surface area contributed by atoms with E-state index in [1.165, 1.54) is 33.5 Å². The third kappa shape index (κ3) is 8.55. The van der Waals surface area contributed by atoms with Crippen LogP contribution in [-0.4, -0.2) is 9.55 Å². The van der Waals surface area contributed by atoms with Crippen LogP contribution in [0.4, 0.5) is 11.4 Å².